The van der Waals surface area contributed by atoms with Gasteiger partial charge in [0.2, 0.25) is 17.8 Å². The van der Waals surface area contributed by atoms with Crippen molar-refractivity contribution in [3.05, 3.63) is 47.9 Å². The van der Waals surface area contributed by atoms with Gasteiger partial charge in [0.15, 0.2) is 23.2 Å². The van der Waals surface area contributed by atoms with Crippen molar-refractivity contribution in [3.8, 4) is 5.75 Å². The quantitative estimate of drug-likeness (QED) is 0.406. The summed E-state index contributed by atoms with van der Waals surface area (Å²) < 4.78 is 20.2. The molecule has 1 aliphatic heterocycles. The van der Waals surface area contributed by atoms with E-state index in [-0.39, 0.29) is 41.8 Å². The highest BCUT2D eigenvalue weighted by molar-refractivity contribution is 5.96. The van der Waals surface area contributed by atoms with Crippen molar-refractivity contribution in [2.75, 3.05) is 27.9 Å². The van der Waals surface area contributed by atoms with Gasteiger partial charge in [0, 0.05) is 17.8 Å². The Labute approximate surface area is 201 Å². The lowest BCUT2D eigenvalue weighted by Gasteiger charge is -2.18. The first-order valence-electron chi connectivity index (χ1n) is 11.1. The molecule has 4 N–H and O–H groups in total. The number of hydrogen-bond donors (Lipinski definition) is 4. The number of carbonyl (C=O) groups excluding carboxylic acids is 2. The second-order valence-electron chi connectivity index (χ2n) is 8.80. The van der Waals surface area contributed by atoms with Crippen LogP contribution in [-0.2, 0) is 9.59 Å². The Bertz CT molecular complexity index is 1300. The largest absolute Gasteiger partial charge is 0.489 e. The summed E-state index contributed by atoms with van der Waals surface area (Å²) >= 11 is 0. The number of aromatic nitrogens is 3. The minimum absolute atomic E-state index is 0.107. The molecule has 0 spiro atoms. The predicted molar refractivity (Wildman–Crippen MR) is 131 cm³/mol. The van der Waals surface area contributed by atoms with E-state index in [4.69, 9.17) is 4.74 Å². The van der Waals surface area contributed by atoms with Crippen LogP contribution in [0.15, 0.2) is 36.5 Å². The summed E-state index contributed by atoms with van der Waals surface area (Å²) in [6.07, 6.45) is 1.39. The van der Waals surface area contributed by atoms with E-state index in [0.29, 0.717) is 23.5 Å². The Kier molecular flexibility index (Phi) is 6.50. The van der Waals surface area contributed by atoms with Crippen molar-refractivity contribution in [2.45, 2.75) is 34.1 Å². The summed E-state index contributed by atoms with van der Waals surface area (Å²) in [6.45, 7) is 7.41. The molecule has 2 amide bonds. The number of fused-ring (bicyclic) bond motifs is 1. The van der Waals surface area contributed by atoms with Crippen LogP contribution in [0, 0.1) is 18.2 Å². The van der Waals surface area contributed by atoms with Crippen LogP contribution in [0.2, 0.25) is 0 Å². The predicted octanol–water partition coefficient (Wildman–Crippen LogP) is 4.51. The van der Waals surface area contributed by atoms with Crippen molar-refractivity contribution in [2.24, 2.45) is 5.41 Å². The van der Waals surface area contributed by atoms with Crippen LogP contribution in [-0.4, -0.2) is 33.4 Å². The number of pyridine rings is 1. The fourth-order valence-electron chi connectivity index (χ4n) is 3.26. The molecule has 0 fully saturated rings. The highest BCUT2D eigenvalue weighted by Crippen LogP contribution is 2.32. The Morgan fingerprint density at radius 2 is 1.94 bits per heavy atom. The molecule has 0 unspecified atom stereocenters. The number of benzene rings is 1. The molecule has 0 saturated heterocycles. The number of amides is 2. The first-order chi connectivity index (χ1) is 16.6. The number of nitrogens with zero attached hydrogens (tertiary/aromatic N) is 3. The minimum Gasteiger partial charge on any atom is -0.489 e. The number of carbonyl (C=O) groups is 2. The van der Waals surface area contributed by atoms with E-state index in [9.17, 15) is 14.0 Å². The van der Waals surface area contributed by atoms with Gasteiger partial charge in [0.25, 0.3) is 0 Å². The molecular weight excluding hydrogens is 453 g/mol. The van der Waals surface area contributed by atoms with Crippen LogP contribution in [0.1, 0.15) is 32.8 Å². The van der Waals surface area contributed by atoms with Gasteiger partial charge in [-0.3, -0.25) is 9.59 Å². The maximum atomic E-state index is 14.5. The van der Waals surface area contributed by atoms with Crippen molar-refractivity contribution >= 4 is 46.6 Å². The van der Waals surface area contributed by atoms with Crippen LogP contribution in [0.5, 0.6) is 5.75 Å². The fraction of sp³-hybridized carbons (Fsp3) is 0.292. The van der Waals surface area contributed by atoms with E-state index < -0.39 is 11.2 Å². The summed E-state index contributed by atoms with van der Waals surface area (Å²) in [5, 5.41) is 11.4. The zero-order valence-corrected chi connectivity index (χ0v) is 19.8. The number of anilines is 6. The van der Waals surface area contributed by atoms with Gasteiger partial charge in [0.05, 0.1) is 11.6 Å². The topological polar surface area (TPSA) is 130 Å². The molecule has 1 aromatic carbocycles. The van der Waals surface area contributed by atoms with Gasteiger partial charge in [-0.2, -0.15) is 4.98 Å². The standard InChI is InChI=1S/C24H26FN7O3/c1-5-19(33)27-14-8-13(2)9-15(10-14)28-23-26-11-16(25)20(32-23)29-18-7-6-17-21(30-18)31-22(34)24(3,4)12-35-17/h6-11H,5,12H2,1-4H3,(H,27,33)(H3,26,28,29,30,31,32,34). The molecule has 35 heavy (non-hydrogen) atoms. The third-order valence-electron chi connectivity index (χ3n) is 5.22. The fourth-order valence-corrected chi connectivity index (χ4v) is 3.26. The molecule has 0 bridgehead atoms. The molecule has 4 rings (SSSR count). The number of ether oxygens (including phenoxy) is 1. The average Bonchev–Trinajstić information content (AvgIpc) is 2.91. The maximum absolute atomic E-state index is 14.5. The van der Waals surface area contributed by atoms with Gasteiger partial charge < -0.3 is 26.0 Å². The molecule has 2 aromatic heterocycles. The van der Waals surface area contributed by atoms with Gasteiger partial charge in [-0.1, -0.05) is 6.92 Å². The summed E-state index contributed by atoms with van der Waals surface area (Å²) in [5.74, 6) is -0.0726. The summed E-state index contributed by atoms with van der Waals surface area (Å²) in [4.78, 5) is 36.7. The highest BCUT2D eigenvalue weighted by Gasteiger charge is 2.33. The van der Waals surface area contributed by atoms with Crippen LogP contribution >= 0.6 is 0 Å². The van der Waals surface area contributed by atoms with E-state index in [1.807, 2.05) is 19.1 Å². The first kappa shape index (κ1) is 23.9. The van der Waals surface area contributed by atoms with Gasteiger partial charge in [0.1, 0.15) is 12.4 Å². The zero-order valence-electron chi connectivity index (χ0n) is 19.8. The monoisotopic (exact) mass is 479 g/mol. The minimum atomic E-state index is -0.720. The molecule has 0 radical (unpaired) electrons. The molecular formula is C24H26FN7O3. The van der Waals surface area contributed by atoms with Crippen molar-refractivity contribution < 1.29 is 18.7 Å². The number of halogens is 1. The van der Waals surface area contributed by atoms with Crippen molar-refractivity contribution in [3.63, 3.8) is 0 Å². The smallest absolute Gasteiger partial charge is 0.234 e. The summed E-state index contributed by atoms with van der Waals surface area (Å²) in [6, 6.07) is 8.66. The number of nitrogens with one attached hydrogen (secondary N) is 4. The summed E-state index contributed by atoms with van der Waals surface area (Å²) in [7, 11) is 0. The Balaban J connectivity index is 1.54. The Morgan fingerprint density at radius 1 is 1.17 bits per heavy atom. The molecule has 3 aromatic rings. The van der Waals surface area contributed by atoms with Crippen LogP contribution in [0.25, 0.3) is 0 Å². The third kappa shape index (κ3) is 5.62. The lowest BCUT2D eigenvalue weighted by atomic mass is 9.94. The van der Waals surface area contributed by atoms with E-state index in [1.54, 1.807) is 39.0 Å². The summed E-state index contributed by atoms with van der Waals surface area (Å²) in [5.41, 5.74) is 1.44. The van der Waals surface area contributed by atoms with Gasteiger partial charge in [-0.25, -0.2) is 14.4 Å². The van der Waals surface area contributed by atoms with Crippen LogP contribution < -0.4 is 26.0 Å². The van der Waals surface area contributed by atoms with Gasteiger partial charge in [-0.05, 0) is 56.7 Å². The lowest BCUT2D eigenvalue weighted by molar-refractivity contribution is -0.125. The SMILES string of the molecule is CCC(=O)Nc1cc(C)cc(Nc2ncc(F)c(Nc3ccc4c(n3)NC(=O)C(C)(C)CO4)n2)c1. The molecule has 0 aliphatic carbocycles. The number of rotatable bonds is 6. The van der Waals surface area contributed by atoms with Gasteiger partial charge in [-0.15, -0.1) is 0 Å². The van der Waals surface area contributed by atoms with Crippen molar-refractivity contribution in [1.82, 2.24) is 15.0 Å². The molecule has 11 heteroatoms. The van der Waals surface area contributed by atoms with Crippen molar-refractivity contribution in [1.29, 1.82) is 0 Å². The molecule has 182 valence electrons. The highest BCUT2D eigenvalue weighted by atomic mass is 19.1. The molecule has 3 heterocycles. The molecule has 1 aliphatic rings. The van der Waals surface area contributed by atoms with E-state index in [1.165, 1.54) is 0 Å². The van der Waals surface area contributed by atoms with E-state index in [2.05, 4.69) is 36.2 Å². The number of hydrogen-bond acceptors (Lipinski definition) is 8. The third-order valence-corrected chi connectivity index (χ3v) is 5.22. The normalized spacial score (nSPS) is 14.1. The van der Waals surface area contributed by atoms with Gasteiger partial charge >= 0.3 is 0 Å². The lowest BCUT2D eigenvalue weighted by Crippen LogP contribution is -2.33. The second-order valence-corrected chi connectivity index (χ2v) is 8.80. The Morgan fingerprint density at radius 3 is 2.71 bits per heavy atom. The maximum Gasteiger partial charge on any atom is 0.234 e. The van der Waals surface area contributed by atoms with Crippen LogP contribution in [0.3, 0.4) is 0 Å². The van der Waals surface area contributed by atoms with E-state index in [0.717, 1.165) is 11.8 Å². The Hall–Kier alpha value is -4.28. The molecule has 10 nitrogen and oxygen atoms in total. The number of aryl methyl sites for hydroxylation is 1. The second kappa shape index (κ2) is 9.53. The zero-order chi connectivity index (χ0) is 25.2. The molecule has 0 atom stereocenters. The molecule has 0 saturated carbocycles. The average molecular weight is 480 g/mol. The first-order valence-corrected chi connectivity index (χ1v) is 11.1. The van der Waals surface area contributed by atoms with Crippen LogP contribution in [0.4, 0.5) is 39.2 Å². The van der Waals surface area contributed by atoms with E-state index >= 15 is 0 Å².